The molecule has 0 bridgehead atoms. The van der Waals surface area contributed by atoms with Crippen LogP contribution >= 0.6 is 11.3 Å². The Kier molecular flexibility index (Phi) is 8.67. The molecule has 1 heterocycles. The van der Waals surface area contributed by atoms with Crippen LogP contribution in [0, 0.1) is 12.8 Å². The number of amides is 2. The van der Waals surface area contributed by atoms with Gasteiger partial charge in [-0.25, -0.2) is 0 Å². The molecule has 1 aromatic heterocycles. The van der Waals surface area contributed by atoms with Crippen LogP contribution in [0.4, 0.5) is 0 Å². The number of carbonyl (C=O) groups is 2. The molecule has 28 heavy (non-hydrogen) atoms. The van der Waals surface area contributed by atoms with Crippen molar-refractivity contribution >= 4 is 23.2 Å². The van der Waals surface area contributed by atoms with Crippen LogP contribution in [0.2, 0.25) is 0 Å². The zero-order chi connectivity index (χ0) is 20.5. The van der Waals surface area contributed by atoms with Crippen LogP contribution in [0.5, 0.6) is 0 Å². The Balaban J connectivity index is 2.18. The molecule has 0 unspecified atom stereocenters. The largest absolute Gasteiger partial charge is 0.375 e. The van der Waals surface area contributed by atoms with Crippen molar-refractivity contribution in [3.8, 4) is 0 Å². The van der Waals surface area contributed by atoms with Crippen molar-refractivity contribution in [1.29, 1.82) is 0 Å². The lowest BCUT2D eigenvalue weighted by Crippen LogP contribution is -2.45. The van der Waals surface area contributed by atoms with E-state index in [9.17, 15) is 9.59 Å². The van der Waals surface area contributed by atoms with E-state index < -0.39 is 0 Å². The summed E-state index contributed by atoms with van der Waals surface area (Å²) in [5.74, 6) is 0.0639. The van der Waals surface area contributed by atoms with Crippen LogP contribution in [-0.4, -0.2) is 48.4 Å². The number of ether oxygens (including phenoxy) is 1. The van der Waals surface area contributed by atoms with Crippen molar-refractivity contribution in [3.63, 3.8) is 0 Å². The molecule has 0 aliphatic rings. The third-order valence-corrected chi connectivity index (χ3v) is 5.41. The zero-order valence-electron chi connectivity index (χ0n) is 17.2. The maximum atomic E-state index is 13.2. The van der Waals surface area contributed by atoms with Crippen LogP contribution in [0.25, 0.3) is 0 Å². The first kappa shape index (κ1) is 22.1. The second-order valence-corrected chi connectivity index (χ2v) is 8.36. The van der Waals surface area contributed by atoms with Crippen LogP contribution in [-0.2, 0) is 27.4 Å². The lowest BCUT2D eigenvalue weighted by atomic mass is 10.2. The molecule has 0 atom stereocenters. The van der Waals surface area contributed by atoms with E-state index in [1.807, 2.05) is 54.5 Å². The lowest BCUT2D eigenvalue weighted by molar-refractivity contribution is -0.143. The minimum absolute atomic E-state index is 0.0112. The smallest absolute Gasteiger partial charge is 0.249 e. The highest BCUT2D eigenvalue weighted by Crippen LogP contribution is 2.19. The van der Waals surface area contributed by atoms with Gasteiger partial charge in [-0.3, -0.25) is 9.59 Å². The standard InChI is InChI=1S/C22H30N2O3S/c1-17(2)12-23(22(26)16-27-4)15-21(25)24(13-19-8-6-5-7-9-19)14-20-18(3)10-11-28-20/h5-11,17H,12-16H2,1-4H3. The van der Waals surface area contributed by atoms with E-state index in [0.717, 1.165) is 5.56 Å². The van der Waals surface area contributed by atoms with Crippen molar-refractivity contribution in [2.75, 3.05) is 26.8 Å². The van der Waals surface area contributed by atoms with E-state index in [1.165, 1.54) is 17.6 Å². The molecule has 2 rings (SSSR count). The Morgan fingerprint density at radius 2 is 1.75 bits per heavy atom. The SMILES string of the molecule is COCC(=O)N(CC(=O)N(Cc1ccccc1)Cc1sccc1C)CC(C)C. The molecular weight excluding hydrogens is 372 g/mol. The van der Waals surface area contributed by atoms with Gasteiger partial charge in [0.05, 0.1) is 13.1 Å². The average molecular weight is 403 g/mol. The fourth-order valence-electron chi connectivity index (χ4n) is 2.95. The van der Waals surface area contributed by atoms with Gasteiger partial charge >= 0.3 is 0 Å². The summed E-state index contributed by atoms with van der Waals surface area (Å²) in [6, 6.07) is 12.0. The van der Waals surface area contributed by atoms with Crippen LogP contribution < -0.4 is 0 Å². The van der Waals surface area contributed by atoms with E-state index in [2.05, 4.69) is 13.0 Å². The number of nitrogens with zero attached hydrogens (tertiary/aromatic N) is 2. The summed E-state index contributed by atoms with van der Waals surface area (Å²) in [4.78, 5) is 30.2. The van der Waals surface area contributed by atoms with Gasteiger partial charge in [0, 0.05) is 25.1 Å². The number of hydrogen-bond acceptors (Lipinski definition) is 4. The van der Waals surface area contributed by atoms with Crippen molar-refractivity contribution in [2.45, 2.75) is 33.9 Å². The molecular formula is C22H30N2O3S. The Morgan fingerprint density at radius 3 is 2.32 bits per heavy atom. The summed E-state index contributed by atoms with van der Waals surface area (Å²) in [5, 5.41) is 2.04. The molecule has 152 valence electrons. The van der Waals surface area contributed by atoms with E-state index in [1.54, 1.807) is 16.2 Å². The summed E-state index contributed by atoms with van der Waals surface area (Å²) in [7, 11) is 1.49. The van der Waals surface area contributed by atoms with Crippen LogP contribution in [0.15, 0.2) is 41.8 Å². The molecule has 0 spiro atoms. The average Bonchev–Trinajstić information content (AvgIpc) is 3.06. The molecule has 0 radical (unpaired) electrons. The van der Waals surface area contributed by atoms with E-state index >= 15 is 0 Å². The fourth-order valence-corrected chi connectivity index (χ4v) is 3.87. The zero-order valence-corrected chi connectivity index (χ0v) is 18.0. The summed E-state index contributed by atoms with van der Waals surface area (Å²) in [6.45, 7) is 7.79. The number of carbonyl (C=O) groups excluding carboxylic acids is 2. The first-order valence-electron chi connectivity index (χ1n) is 9.52. The van der Waals surface area contributed by atoms with Crippen molar-refractivity contribution in [2.24, 2.45) is 5.92 Å². The lowest BCUT2D eigenvalue weighted by Gasteiger charge is -2.28. The minimum Gasteiger partial charge on any atom is -0.375 e. The van der Waals surface area contributed by atoms with Gasteiger partial charge in [-0.15, -0.1) is 11.3 Å². The highest BCUT2D eigenvalue weighted by molar-refractivity contribution is 7.10. The summed E-state index contributed by atoms with van der Waals surface area (Å²) >= 11 is 1.66. The maximum Gasteiger partial charge on any atom is 0.249 e. The summed E-state index contributed by atoms with van der Waals surface area (Å²) < 4.78 is 4.99. The number of methoxy groups -OCH3 is 1. The number of rotatable bonds is 10. The van der Waals surface area contributed by atoms with Crippen molar-refractivity contribution < 1.29 is 14.3 Å². The van der Waals surface area contributed by atoms with E-state index in [0.29, 0.717) is 19.6 Å². The third-order valence-electron chi connectivity index (χ3n) is 4.40. The predicted molar refractivity (Wildman–Crippen MR) is 113 cm³/mol. The van der Waals surface area contributed by atoms with Gasteiger partial charge in [0.25, 0.3) is 0 Å². The molecule has 0 fully saturated rings. The normalized spacial score (nSPS) is 10.9. The monoisotopic (exact) mass is 402 g/mol. The molecule has 2 amide bonds. The third kappa shape index (κ3) is 6.77. The Bertz CT molecular complexity index is 758. The van der Waals surface area contributed by atoms with Crippen LogP contribution in [0.3, 0.4) is 0 Å². The van der Waals surface area contributed by atoms with Crippen LogP contribution in [0.1, 0.15) is 29.9 Å². The molecule has 0 aliphatic carbocycles. The molecule has 1 aromatic carbocycles. The van der Waals surface area contributed by atoms with Gasteiger partial charge in [-0.05, 0) is 35.4 Å². The second-order valence-electron chi connectivity index (χ2n) is 7.36. The molecule has 6 heteroatoms. The van der Waals surface area contributed by atoms with Gasteiger partial charge in [0.2, 0.25) is 11.8 Å². The summed E-state index contributed by atoms with van der Waals surface area (Å²) in [5.41, 5.74) is 2.26. The topological polar surface area (TPSA) is 49.9 Å². The fraction of sp³-hybridized carbons (Fsp3) is 0.455. The van der Waals surface area contributed by atoms with Crippen molar-refractivity contribution in [1.82, 2.24) is 9.80 Å². The first-order valence-corrected chi connectivity index (χ1v) is 10.4. The Labute approximate surface area is 171 Å². The number of benzene rings is 1. The maximum absolute atomic E-state index is 13.2. The molecule has 0 saturated carbocycles. The van der Waals surface area contributed by atoms with Gasteiger partial charge in [0.15, 0.2) is 0 Å². The van der Waals surface area contributed by atoms with Gasteiger partial charge in [-0.1, -0.05) is 44.2 Å². The second kappa shape index (κ2) is 11.0. The minimum atomic E-state index is -0.156. The molecule has 0 saturated heterocycles. The molecule has 0 N–H and O–H groups in total. The molecule has 2 aromatic rings. The number of aryl methyl sites for hydroxylation is 1. The number of hydrogen-bond donors (Lipinski definition) is 0. The van der Waals surface area contributed by atoms with E-state index in [4.69, 9.17) is 4.74 Å². The molecule has 5 nitrogen and oxygen atoms in total. The van der Waals surface area contributed by atoms with E-state index in [-0.39, 0.29) is 30.9 Å². The highest BCUT2D eigenvalue weighted by atomic mass is 32.1. The predicted octanol–water partition coefficient (Wildman–Crippen LogP) is 3.72. The first-order chi connectivity index (χ1) is 13.4. The van der Waals surface area contributed by atoms with Gasteiger partial charge < -0.3 is 14.5 Å². The summed E-state index contributed by atoms with van der Waals surface area (Å²) in [6.07, 6.45) is 0. The van der Waals surface area contributed by atoms with Gasteiger partial charge in [0.1, 0.15) is 6.61 Å². The Morgan fingerprint density at radius 1 is 1.04 bits per heavy atom. The quantitative estimate of drug-likeness (QED) is 0.609. The van der Waals surface area contributed by atoms with Gasteiger partial charge in [-0.2, -0.15) is 0 Å². The Hall–Kier alpha value is -2.18. The molecule has 0 aliphatic heterocycles. The van der Waals surface area contributed by atoms with Crippen molar-refractivity contribution in [3.05, 3.63) is 57.8 Å². The number of thiophene rings is 1. The highest BCUT2D eigenvalue weighted by Gasteiger charge is 2.23.